The Morgan fingerprint density at radius 2 is 2.22 bits per heavy atom. The number of rotatable bonds is 3. The summed E-state index contributed by atoms with van der Waals surface area (Å²) >= 11 is 3.03. The Hall–Kier alpha value is -1.89. The maximum absolute atomic E-state index is 13.3. The van der Waals surface area contributed by atoms with Crippen LogP contribution in [0.3, 0.4) is 0 Å². The molecule has 7 heteroatoms. The van der Waals surface area contributed by atoms with Crippen LogP contribution in [0.5, 0.6) is 5.75 Å². The summed E-state index contributed by atoms with van der Waals surface area (Å²) in [5, 5.41) is 12.1. The third kappa shape index (κ3) is 2.21. The average molecular weight is 316 g/mol. The molecule has 18 heavy (non-hydrogen) atoms. The van der Waals surface area contributed by atoms with Gasteiger partial charge < -0.3 is 14.4 Å². The summed E-state index contributed by atoms with van der Waals surface area (Å²) in [6, 6.07) is 3.84. The predicted molar refractivity (Wildman–Crippen MR) is 63.1 cm³/mol. The van der Waals surface area contributed by atoms with Crippen LogP contribution in [0.2, 0.25) is 0 Å². The minimum Gasteiger partial charge on any atom is -0.496 e. The molecule has 0 saturated carbocycles. The second-order valence-corrected chi connectivity index (χ2v) is 4.20. The summed E-state index contributed by atoms with van der Waals surface area (Å²) in [6.45, 7) is 0. The summed E-state index contributed by atoms with van der Waals surface area (Å²) in [5.74, 6) is -1.28. The standard InChI is InChI=1S/C11H7BrFNO4/c1-17-9-3-7(13)6(12)2-5(9)10-4-8(11(15)16)14-18-10/h2-4H,1H3,(H,15,16). The van der Waals surface area contributed by atoms with Gasteiger partial charge in [0.1, 0.15) is 11.6 Å². The number of hydrogen-bond donors (Lipinski definition) is 1. The molecule has 2 rings (SSSR count). The summed E-state index contributed by atoms with van der Waals surface area (Å²) < 4.78 is 23.4. The van der Waals surface area contributed by atoms with Gasteiger partial charge in [-0.1, -0.05) is 5.16 Å². The molecular formula is C11H7BrFNO4. The molecule has 0 unspecified atom stereocenters. The molecule has 0 aliphatic rings. The van der Waals surface area contributed by atoms with E-state index in [1.165, 1.54) is 25.3 Å². The van der Waals surface area contributed by atoms with Crippen LogP contribution >= 0.6 is 15.9 Å². The van der Waals surface area contributed by atoms with Crippen molar-refractivity contribution in [3.8, 4) is 17.1 Å². The maximum Gasteiger partial charge on any atom is 0.358 e. The number of nitrogens with zero attached hydrogens (tertiary/aromatic N) is 1. The lowest BCUT2D eigenvalue weighted by Gasteiger charge is -2.06. The molecule has 0 fully saturated rings. The first-order valence-electron chi connectivity index (χ1n) is 4.76. The number of carbonyl (C=O) groups is 1. The molecule has 94 valence electrons. The van der Waals surface area contributed by atoms with Crippen LogP contribution in [-0.4, -0.2) is 23.3 Å². The number of methoxy groups -OCH3 is 1. The summed E-state index contributed by atoms with van der Waals surface area (Å²) in [7, 11) is 1.38. The van der Waals surface area contributed by atoms with Crippen molar-refractivity contribution in [2.45, 2.75) is 0 Å². The number of ether oxygens (including phenoxy) is 1. The van der Waals surface area contributed by atoms with Gasteiger partial charge in [0.25, 0.3) is 0 Å². The van der Waals surface area contributed by atoms with Crippen molar-refractivity contribution in [2.24, 2.45) is 0 Å². The molecule has 2 aromatic rings. The quantitative estimate of drug-likeness (QED) is 0.942. The molecule has 0 spiro atoms. The number of aromatic carboxylic acids is 1. The van der Waals surface area contributed by atoms with Crippen LogP contribution in [0.1, 0.15) is 10.5 Å². The van der Waals surface area contributed by atoms with Gasteiger partial charge in [-0.15, -0.1) is 0 Å². The third-order valence-electron chi connectivity index (χ3n) is 2.24. The van der Waals surface area contributed by atoms with E-state index in [0.717, 1.165) is 0 Å². The van der Waals surface area contributed by atoms with Crippen LogP contribution in [0.15, 0.2) is 27.2 Å². The first kappa shape index (κ1) is 12.6. The van der Waals surface area contributed by atoms with Crippen molar-refractivity contribution in [3.63, 3.8) is 0 Å². The smallest absolute Gasteiger partial charge is 0.358 e. The van der Waals surface area contributed by atoms with Gasteiger partial charge in [-0.3, -0.25) is 0 Å². The van der Waals surface area contributed by atoms with Gasteiger partial charge >= 0.3 is 5.97 Å². The monoisotopic (exact) mass is 315 g/mol. The number of hydrogen-bond acceptors (Lipinski definition) is 4. The highest BCUT2D eigenvalue weighted by molar-refractivity contribution is 9.10. The topological polar surface area (TPSA) is 72.6 Å². The van der Waals surface area contributed by atoms with Gasteiger partial charge in [-0.05, 0) is 22.0 Å². The first-order valence-corrected chi connectivity index (χ1v) is 5.55. The molecule has 0 radical (unpaired) electrons. The van der Waals surface area contributed by atoms with Crippen LogP contribution in [0.4, 0.5) is 4.39 Å². The lowest BCUT2D eigenvalue weighted by molar-refractivity contribution is 0.0686. The highest BCUT2D eigenvalue weighted by Crippen LogP contribution is 2.34. The van der Waals surface area contributed by atoms with Crippen LogP contribution in [0.25, 0.3) is 11.3 Å². The van der Waals surface area contributed by atoms with E-state index in [1.54, 1.807) is 0 Å². The Morgan fingerprint density at radius 3 is 2.78 bits per heavy atom. The molecule has 0 aliphatic heterocycles. The van der Waals surface area contributed by atoms with Gasteiger partial charge in [-0.25, -0.2) is 9.18 Å². The van der Waals surface area contributed by atoms with Crippen molar-refractivity contribution in [1.29, 1.82) is 0 Å². The van der Waals surface area contributed by atoms with Crippen LogP contribution < -0.4 is 4.74 Å². The largest absolute Gasteiger partial charge is 0.496 e. The van der Waals surface area contributed by atoms with E-state index >= 15 is 0 Å². The molecule has 0 amide bonds. The van der Waals surface area contributed by atoms with E-state index in [9.17, 15) is 9.18 Å². The van der Waals surface area contributed by atoms with Crippen molar-refractivity contribution in [3.05, 3.63) is 34.2 Å². The molecule has 0 aliphatic carbocycles. The Bertz CT molecular complexity index is 611. The summed E-state index contributed by atoms with van der Waals surface area (Å²) in [4.78, 5) is 10.7. The zero-order valence-electron chi connectivity index (χ0n) is 9.11. The molecule has 0 saturated heterocycles. The van der Waals surface area contributed by atoms with Gasteiger partial charge in [0.15, 0.2) is 11.5 Å². The van der Waals surface area contributed by atoms with E-state index < -0.39 is 11.8 Å². The van der Waals surface area contributed by atoms with Crippen LogP contribution in [-0.2, 0) is 0 Å². The van der Waals surface area contributed by atoms with Gasteiger partial charge in [0, 0.05) is 12.1 Å². The van der Waals surface area contributed by atoms with E-state index in [4.69, 9.17) is 14.4 Å². The van der Waals surface area contributed by atoms with Crippen molar-refractivity contribution >= 4 is 21.9 Å². The molecule has 0 atom stereocenters. The third-order valence-corrected chi connectivity index (χ3v) is 2.84. The Labute approximate surface area is 109 Å². The molecule has 0 bridgehead atoms. The minimum atomic E-state index is -1.20. The van der Waals surface area contributed by atoms with Gasteiger partial charge in [0.2, 0.25) is 0 Å². The highest BCUT2D eigenvalue weighted by atomic mass is 79.9. The van der Waals surface area contributed by atoms with E-state index in [0.29, 0.717) is 5.56 Å². The molecular weight excluding hydrogens is 309 g/mol. The number of halogens is 2. The normalized spacial score (nSPS) is 10.4. The Kier molecular flexibility index (Phi) is 3.33. The fourth-order valence-corrected chi connectivity index (χ4v) is 1.74. The van der Waals surface area contributed by atoms with Gasteiger partial charge in [0.05, 0.1) is 17.1 Å². The number of carboxylic acids is 1. The number of aromatic nitrogens is 1. The first-order chi connectivity index (χ1) is 8.52. The summed E-state index contributed by atoms with van der Waals surface area (Å²) in [6.07, 6.45) is 0. The maximum atomic E-state index is 13.3. The van der Waals surface area contributed by atoms with E-state index in [1.807, 2.05) is 0 Å². The Balaban J connectivity index is 2.55. The van der Waals surface area contributed by atoms with E-state index in [-0.39, 0.29) is 21.7 Å². The fraction of sp³-hybridized carbons (Fsp3) is 0.0909. The molecule has 1 aromatic carbocycles. The SMILES string of the molecule is COc1cc(F)c(Br)cc1-c1cc(C(=O)O)no1. The second-order valence-electron chi connectivity index (χ2n) is 3.35. The molecule has 1 N–H and O–H groups in total. The number of carboxylic acid groups (broad SMARTS) is 1. The zero-order valence-corrected chi connectivity index (χ0v) is 10.7. The van der Waals surface area contributed by atoms with Crippen molar-refractivity contribution in [1.82, 2.24) is 5.16 Å². The zero-order chi connectivity index (χ0) is 13.3. The molecule has 1 aromatic heterocycles. The highest BCUT2D eigenvalue weighted by Gasteiger charge is 2.17. The van der Waals surface area contributed by atoms with E-state index in [2.05, 4.69) is 21.1 Å². The van der Waals surface area contributed by atoms with Crippen LogP contribution in [0, 0.1) is 5.82 Å². The fourth-order valence-electron chi connectivity index (χ4n) is 1.39. The lowest BCUT2D eigenvalue weighted by Crippen LogP contribution is -1.94. The minimum absolute atomic E-state index is 0.185. The number of benzene rings is 1. The average Bonchev–Trinajstić information content (AvgIpc) is 2.81. The van der Waals surface area contributed by atoms with Crippen molar-refractivity contribution < 1.29 is 23.6 Å². The predicted octanol–water partition coefficient (Wildman–Crippen LogP) is 2.95. The molecule has 1 heterocycles. The molecule has 5 nitrogen and oxygen atoms in total. The Morgan fingerprint density at radius 1 is 1.50 bits per heavy atom. The van der Waals surface area contributed by atoms with Crippen molar-refractivity contribution in [2.75, 3.05) is 7.11 Å². The second kappa shape index (κ2) is 4.77. The summed E-state index contributed by atoms with van der Waals surface area (Å²) in [5.41, 5.74) is 0.179. The lowest BCUT2D eigenvalue weighted by atomic mass is 10.1. The van der Waals surface area contributed by atoms with Gasteiger partial charge in [-0.2, -0.15) is 0 Å².